The molecule has 20 heavy (non-hydrogen) atoms. The van der Waals surface area contributed by atoms with Crippen LogP contribution >= 0.6 is 23.2 Å². The molecule has 0 fully saturated rings. The summed E-state index contributed by atoms with van der Waals surface area (Å²) in [5, 5.41) is 20.9. The van der Waals surface area contributed by atoms with Gasteiger partial charge in [0.15, 0.2) is 0 Å². The highest BCUT2D eigenvalue weighted by Gasteiger charge is 2.27. The first-order chi connectivity index (χ1) is 9.25. The Morgan fingerprint density at radius 3 is 1.70 bits per heavy atom. The summed E-state index contributed by atoms with van der Waals surface area (Å²) in [7, 11) is 0. The van der Waals surface area contributed by atoms with Crippen LogP contribution in [-0.4, -0.2) is 39.4 Å². The SMILES string of the molecule is CC(O)C(C)N(Cc1c(Cl)cccc1Cl)C(C)C(C)O. The normalized spacial score (nSPS) is 17.9. The molecule has 0 radical (unpaired) electrons. The second-order valence-electron chi connectivity index (χ2n) is 5.33. The van der Waals surface area contributed by atoms with Crippen LogP contribution < -0.4 is 0 Å². The van der Waals surface area contributed by atoms with Crippen molar-refractivity contribution < 1.29 is 10.2 Å². The van der Waals surface area contributed by atoms with E-state index in [1.165, 1.54) is 0 Å². The Hall–Kier alpha value is -0.320. The lowest BCUT2D eigenvalue weighted by atomic mass is 10.0. The van der Waals surface area contributed by atoms with E-state index in [1.54, 1.807) is 32.0 Å². The van der Waals surface area contributed by atoms with E-state index in [4.69, 9.17) is 23.2 Å². The zero-order valence-electron chi connectivity index (χ0n) is 12.3. The first kappa shape index (κ1) is 17.7. The van der Waals surface area contributed by atoms with Gasteiger partial charge in [0.05, 0.1) is 12.2 Å². The van der Waals surface area contributed by atoms with Crippen molar-refractivity contribution in [3.05, 3.63) is 33.8 Å². The van der Waals surface area contributed by atoms with Gasteiger partial charge in [-0.05, 0) is 39.8 Å². The van der Waals surface area contributed by atoms with Gasteiger partial charge in [0.25, 0.3) is 0 Å². The second kappa shape index (κ2) is 7.62. The monoisotopic (exact) mass is 319 g/mol. The van der Waals surface area contributed by atoms with Crippen LogP contribution in [0, 0.1) is 0 Å². The molecule has 1 aromatic rings. The molecule has 1 aromatic carbocycles. The fourth-order valence-corrected chi connectivity index (χ4v) is 2.60. The van der Waals surface area contributed by atoms with Gasteiger partial charge >= 0.3 is 0 Å². The van der Waals surface area contributed by atoms with E-state index in [0.717, 1.165) is 5.56 Å². The maximum Gasteiger partial charge on any atom is 0.0664 e. The van der Waals surface area contributed by atoms with Crippen LogP contribution in [0.5, 0.6) is 0 Å². The van der Waals surface area contributed by atoms with Gasteiger partial charge < -0.3 is 10.2 Å². The molecule has 0 aliphatic carbocycles. The Balaban J connectivity index is 3.06. The highest BCUT2D eigenvalue weighted by molar-refractivity contribution is 6.35. The molecule has 3 nitrogen and oxygen atoms in total. The molecule has 1 rings (SSSR count). The molecule has 4 unspecified atom stereocenters. The van der Waals surface area contributed by atoms with Crippen LogP contribution in [0.25, 0.3) is 0 Å². The number of halogens is 2. The summed E-state index contributed by atoms with van der Waals surface area (Å²) >= 11 is 12.4. The van der Waals surface area contributed by atoms with Crippen molar-refractivity contribution >= 4 is 23.2 Å². The van der Waals surface area contributed by atoms with Gasteiger partial charge in [-0.3, -0.25) is 4.90 Å². The number of nitrogens with zero attached hydrogens (tertiary/aromatic N) is 1. The van der Waals surface area contributed by atoms with Gasteiger partial charge in [-0.25, -0.2) is 0 Å². The second-order valence-corrected chi connectivity index (χ2v) is 6.15. The zero-order valence-corrected chi connectivity index (χ0v) is 13.9. The summed E-state index contributed by atoms with van der Waals surface area (Å²) in [4.78, 5) is 2.02. The van der Waals surface area contributed by atoms with Gasteiger partial charge in [-0.15, -0.1) is 0 Å². The molecular weight excluding hydrogens is 297 g/mol. The minimum atomic E-state index is -0.516. The predicted molar refractivity (Wildman–Crippen MR) is 84.3 cm³/mol. The molecule has 0 bridgehead atoms. The lowest BCUT2D eigenvalue weighted by Crippen LogP contribution is -2.49. The smallest absolute Gasteiger partial charge is 0.0664 e. The topological polar surface area (TPSA) is 43.7 Å². The summed E-state index contributed by atoms with van der Waals surface area (Å²) in [6.45, 7) is 7.81. The van der Waals surface area contributed by atoms with Crippen molar-refractivity contribution in [3.8, 4) is 0 Å². The van der Waals surface area contributed by atoms with Crippen LogP contribution in [-0.2, 0) is 6.54 Å². The van der Waals surface area contributed by atoms with Crippen molar-refractivity contribution in [2.75, 3.05) is 0 Å². The summed E-state index contributed by atoms with van der Waals surface area (Å²) in [6.07, 6.45) is -1.03. The zero-order chi connectivity index (χ0) is 15.4. The quantitative estimate of drug-likeness (QED) is 0.845. The number of hydrogen-bond donors (Lipinski definition) is 2. The van der Waals surface area contributed by atoms with Crippen molar-refractivity contribution in [2.45, 2.75) is 58.5 Å². The molecule has 0 aromatic heterocycles. The van der Waals surface area contributed by atoms with Gasteiger partial charge in [-0.1, -0.05) is 29.3 Å². The summed E-state index contributed by atoms with van der Waals surface area (Å²) < 4.78 is 0. The minimum Gasteiger partial charge on any atom is -0.392 e. The average Bonchev–Trinajstić information content (AvgIpc) is 2.36. The molecule has 0 heterocycles. The Kier molecular flexibility index (Phi) is 6.76. The summed E-state index contributed by atoms with van der Waals surface area (Å²) in [6, 6.07) is 5.15. The van der Waals surface area contributed by atoms with E-state index in [9.17, 15) is 10.2 Å². The molecule has 0 saturated heterocycles. The minimum absolute atomic E-state index is 0.119. The van der Waals surface area contributed by atoms with Gasteiger partial charge in [-0.2, -0.15) is 0 Å². The summed E-state index contributed by atoms with van der Waals surface area (Å²) in [5.41, 5.74) is 0.816. The van der Waals surface area contributed by atoms with E-state index >= 15 is 0 Å². The van der Waals surface area contributed by atoms with Crippen molar-refractivity contribution in [1.29, 1.82) is 0 Å². The third-order valence-electron chi connectivity index (χ3n) is 3.84. The fourth-order valence-electron chi connectivity index (χ4n) is 2.08. The maximum atomic E-state index is 9.85. The van der Waals surface area contributed by atoms with Crippen molar-refractivity contribution in [1.82, 2.24) is 4.90 Å². The van der Waals surface area contributed by atoms with E-state index in [-0.39, 0.29) is 12.1 Å². The summed E-state index contributed by atoms with van der Waals surface area (Å²) in [5.74, 6) is 0. The van der Waals surface area contributed by atoms with Crippen LogP contribution in [0.2, 0.25) is 10.0 Å². The molecule has 0 spiro atoms. The molecular formula is C15H23Cl2NO2. The molecule has 0 aliphatic rings. The number of benzene rings is 1. The lowest BCUT2D eigenvalue weighted by molar-refractivity contribution is -0.00225. The third kappa shape index (κ3) is 4.34. The third-order valence-corrected chi connectivity index (χ3v) is 4.55. The molecule has 0 amide bonds. The molecule has 0 saturated carbocycles. The predicted octanol–water partition coefficient (Wildman–Crippen LogP) is 3.33. The number of hydrogen-bond acceptors (Lipinski definition) is 3. The highest BCUT2D eigenvalue weighted by Crippen LogP contribution is 2.28. The average molecular weight is 320 g/mol. The first-order valence-corrected chi connectivity index (χ1v) is 7.56. The van der Waals surface area contributed by atoms with Gasteiger partial charge in [0.1, 0.15) is 0 Å². The number of aliphatic hydroxyl groups excluding tert-OH is 2. The Morgan fingerprint density at radius 2 is 1.35 bits per heavy atom. The molecule has 0 aliphatic heterocycles. The standard InChI is InChI=1S/C15H23Cl2NO2/c1-9(11(3)19)18(10(2)12(4)20)8-13-14(16)6-5-7-15(13)17/h5-7,9-12,19-20H,8H2,1-4H3. The first-order valence-electron chi connectivity index (χ1n) is 6.80. The van der Waals surface area contributed by atoms with Crippen LogP contribution in [0.1, 0.15) is 33.3 Å². The van der Waals surface area contributed by atoms with Crippen molar-refractivity contribution in [2.24, 2.45) is 0 Å². The van der Waals surface area contributed by atoms with Crippen molar-refractivity contribution in [3.63, 3.8) is 0 Å². The largest absolute Gasteiger partial charge is 0.392 e. The van der Waals surface area contributed by atoms with Crippen LogP contribution in [0.15, 0.2) is 18.2 Å². The van der Waals surface area contributed by atoms with E-state index < -0.39 is 12.2 Å². The molecule has 114 valence electrons. The molecule has 2 N–H and O–H groups in total. The van der Waals surface area contributed by atoms with Gasteiger partial charge in [0, 0.05) is 34.2 Å². The number of rotatable bonds is 6. The van der Waals surface area contributed by atoms with Gasteiger partial charge in [0.2, 0.25) is 0 Å². The van der Waals surface area contributed by atoms with E-state index in [2.05, 4.69) is 0 Å². The maximum absolute atomic E-state index is 9.85. The van der Waals surface area contributed by atoms with Crippen LogP contribution in [0.4, 0.5) is 0 Å². The molecule has 4 atom stereocenters. The lowest BCUT2D eigenvalue weighted by Gasteiger charge is -2.37. The Morgan fingerprint density at radius 1 is 0.950 bits per heavy atom. The molecule has 5 heteroatoms. The van der Waals surface area contributed by atoms with E-state index in [0.29, 0.717) is 16.6 Å². The van der Waals surface area contributed by atoms with Crippen LogP contribution in [0.3, 0.4) is 0 Å². The Bertz CT molecular complexity index is 404. The fraction of sp³-hybridized carbons (Fsp3) is 0.600. The number of aliphatic hydroxyl groups is 2. The Labute approximate surface area is 131 Å². The highest BCUT2D eigenvalue weighted by atomic mass is 35.5. The van der Waals surface area contributed by atoms with E-state index in [1.807, 2.05) is 18.7 Å².